The SMILES string of the molecule is CCc1c(N)ccc(OC(=O)C2CC2)c1F. The van der Waals surface area contributed by atoms with Gasteiger partial charge in [0, 0.05) is 11.3 Å². The van der Waals surface area contributed by atoms with Crippen LogP contribution in [0, 0.1) is 11.7 Å². The Balaban J connectivity index is 2.23. The van der Waals surface area contributed by atoms with E-state index in [9.17, 15) is 9.18 Å². The van der Waals surface area contributed by atoms with Gasteiger partial charge in [-0.2, -0.15) is 0 Å². The van der Waals surface area contributed by atoms with E-state index in [4.69, 9.17) is 10.5 Å². The van der Waals surface area contributed by atoms with Crippen molar-refractivity contribution in [3.63, 3.8) is 0 Å². The molecule has 0 atom stereocenters. The van der Waals surface area contributed by atoms with Gasteiger partial charge in [-0.3, -0.25) is 4.79 Å². The van der Waals surface area contributed by atoms with Crippen molar-refractivity contribution in [1.29, 1.82) is 0 Å². The molecule has 0 saturated heterocycles. The number of nitrogen functional groups attached to an aromatic ring is 1. The van der Waals surface area contributed by atoms with E-state index >= 15 is 0 Å². The Kier molecular flexibility index (Phi) is 2.81. The standard InChI is InChI=1S/C12H14FNO2/c1-2-8-9(14)5-6-10(11(8)13)16-12(15)7-3-4-7/h5-7H,2-4,14H2,1H3. The lowest BCUT2D eigenvalue weighted by Crippen LogP contribution is -2.12. The summed E-state index contributed by atoms with van der Waals surface area (Å²) in [5.41, 5.74) is 6.42. The zero-order valence-electron chi connectivity index (χ0n) is 9.13. The maximum atomic E-state index is 13.8. The second kappa shape index (κ2) is 4.12. The molecule has 1 aromatic carbocycles. The van der Waals surface area contributed by atoms with Crippen molar-refractivity contribution in [2.75, 3.05) is 5.73 Å². The molecule has 16 heavy (non-hydrogen) atoms. The number of ether oxygens (including phenoxy) is 1. The molecular formula is C12H14FNO2. The predicted molar refractivity (Wildman–Crippen MR) is 58.5 cm³/mol. The van der Waals surface area contributed by atoms with Crippen molar-refractivity contribution in [2.24, 2.45) is 5.92 Å². The first-order valence-corrected chi connectivity index (χ1v) is 5.42. The van der Waals surface area contributed by atoms with Crippen molar-refractivity contribution >= 4 is 11.7 Å². The molecule has 2 rings (SSSR count). The van der Waals surface area contributed by atoms with E-state index in [1.54, 1.807) is 13.0 Å². The summed E-state index contributed by atoms with van der Waals surface area (Å²) in [6.45, 7) is 1.81. The number of carbonyl (C=O) groups is 1. The van der Waals surface area contributed by atoms with E-state index < -0.39 is 5.82 Å². The van der Waals surface area contributed by atoms with Crippen LogP contribution >= 0.6 is 0 Å². The van der Waals surface area contributed by atoms with Crippen LogP contribution in [0.2, 0.25) is 0 Å². The first kappa shape index (κ1) is 10.9. The molecule has 0 amide bonds. The molecule has 0 aliphatic heterocycles. The van der Waals surface area contributed by atoms with Gasteiger partial charge in [0.2, 0.25) is 0 Å². The van der Waals surface area contributed by atoms with Crippen LogP contribution in [0.4, 0.5) is 10.1 Å². The molecule has 0 unspecified atom stereocenters. The molecule has 1 aliphatic rings. The molecule has 2 N–H and O–H groups in total. The van der Waals surface area contributed by atoms with Gasteiger partial charge in [-0.1, -0.05) is 6.92 Å². The number of carbonyl (C=O) groups excluding carboxylic acids is 1. The molecule has 4 heteroatoms. The Morgan fingerprint density at radius 1 is 1.56 bits per heavy atom. The van der Waals surface area contributed by atoms with Gasteiger partial charge in [-0.05, 0) is 31.4 Å². The summed E-state index contributed by atoms with van der Waals surface area (Å²) < 4.78 is 18.8. The number of nitrogens with two attached hydrogens (primary N) is 1. The summed E-state index contributed by atoms with van der Waals surface area (Å²) in [5, 5.41) is 0. The minimum Gasteiger partial charge on any atom is -0.423 e. The van der Waals surface area contributed by atoms with Crippen LogP contribution in [0.5, 0.6) is 5.75 Å². The second-order valence-corrected chi connectivity index (χ2v) is 3.99. The number of hydrogen-bond donors (Lipinski definition) is 1. The van der Waals surface area contributed by atoms with Crippen LogP contribution in [-0.2, 0) is 11.2 Å². The maximum Gasteiger partial charge on any atom is 0.314 e. The zero-order chi connectivity index (χ0) is 11.7. The number of benzene rings is 1. The highest BCUT2D eigenvalue weighted by Gasteiger charge is 2.32. The average Bonchev–Trinajstić information content (AvgIpc) is 3.06. The van der Waals surface area contributed by atoms with Crippen molar-refractivity contribution in [1.82, 2.24) is 0 Å². The number of esters is 1. The molecule has 3 nitrogen and oxygen atoms in total. The van der Waals surface area contributed by atoms with Crippen LogP contribution in [0.15, 0.2) is 12.1 Å². The fourth-order valence-corrected chi connectivity index (χ4v) is 1.56. The lowest BCUT2D eigenvalue weighted by Gasteiger charge is -2.09. The van der Waals surface area contributed by atoms with Gasteiger partial charge in [0.15, 0.2) is 11.6 Å². The first-order chi connectivity index (χ1) is 7.63. The van der Waals surface area contributed by atoms with Gasteiger partial charge in [0.1, 0.15) is 0 Å². The number of anilines is 1. The van der Waals surface area contributed by atoms with Crippen LogP contribution in [0.25, 0.3) is 0 Å². The highest BCUT2D eigenvalue weighted by atomic mass is 19.1. The Labute approximate surface area is 93.4 Å². The topological polar surface area (TPSA) is 52.3 Å². The fourth-order valence-electron chi connectivity index (χ4n) is 1.56. The monoisotopic (exact) mass is 223 g/mol. The third-order valence-corrected chi connectivity index (χ3v) is 2.72. The van der Waals surface area contributed by atoms with E-state index in [0.29, 0.717) is 17.7 Å². The minimum absolute atomic E-state index is 0.0112. The minimum atomic E-state index is -0.517. The lowest BCUT2D eigenvalue weighted by molar-refractivity contribution is -0.136. The molecule has 0 spiro atoms. The Morgan fingerprint density at radius 3 is 2.81 bits per heavy atom. The largest absolute Gasteiger partial charge is 0.423 e. The molecule has 86 valence electrons. The third-order valence-electron chi connectivity index (χ3n) is 2.72. The number of rotatable bonds is 3. The van der Waals surface area contributed by atoms with Crippen LogP contribution in [0.3, 0.4) is 0 Å². The predicted octanol–water partition coefficient (Wildman–Crippen LogP) is 2.29. The van der Waals surface area contributed by atoms with E-state index in [1.807, 2.05) is 0 Å². The fraction of sp³-hybridized carbons (Fsp3) is 0.417. The molecule has 0 aromatic heterocycles. The highest BCUT2D eigenvalue weighted by molar-refractivity contribution is 5.77. The summed E-state index contributed by atoms with van der Waals surface area (Å²) in [5.74, 6) is -0.910. The van der Waals surface area contributed by atoms with Gasteiger partial charge in [-0.15, -0.1) is 0 Å². The molecule has 0 bridgehead atoms. The molecule has 1 saturated carbocycles. The second-order valence-electron chi connectivity index (χ2n) is 3.99. The summed E-state index contributed by atoms with van der Waals surface area (Å²) in [4.78, 5) is 11.4. The van der Waals surface area contributed by atoms with Gasteiger partial charge in [0.05, 0.1) is 5.92 Å². The van der Waals surface area contributed by atoms with Gasteiger partial charge in [-0.25, -0.2) is 4.39 Å². The number of halogens is 1. The Hall–Kier alpha value is -1.58. The zero-order valence-corrected chi connectivity index (χ0v) is 9.13. The number of hydrogen-bond acceptors (Lipinski definition) is 3. The molecule has 0 heterocycles. The third kappa shape index (κ3) is 2.01. The van der Waals surface area contributed by atoms with Crippen molar-refractivity contribution in [2.45, 2.75) is 26.2 Å². The normalized spacial score (nSPS) is 14.9. The highest BCUT2D eigenvalue weighted by Crippen LogP contribution is 2.32. The molecule has 1 fully saturated rings. The molecular weight excluding hydrogens is 209 g/mol. The van der Waals surface area contributed by atoms with E-state index in [-0.39, 0.29) is 17.6 Å². The van der Waals surface area contributed by atoms with Crippen LogP contribution in [-0.4, -0.2) is 5.97 Å². The average molecular weight is 223 g/mol. The summed E-state index contributed by atoms with van der Waals surface area (Å²) in [7, 11) is 0. The van der Waals surface area contributed by atoms with Gasteiger partial charge in [0.25, 0.3) is 0 Å². The van der Waals surface area contributed by atoms with Crippen LogP contribution in [0.1, 0.15) is 25.3 Å². The van der Waals surface area contributed by atoms with Crippen LogP contribution < -0.4 is 10.5 Å². The quantitative estimate of drug-likeness (QED) is 0.486. The van der Waals surface area contributed by atoms with Gasteiger partial charge >= 0.3 is 5.97 Å². The van der Waals surface area contributed by atoms with E-state index in [0.717, 1.165) is 12.8 Å². The summed E-state index contributed by atoms with van der Waals surface area (Å²) in [6, 6.07) is 2.97. The summed E-state index contributed by atoms with van der Waals surface area (Å²) in [6.07, 6.45) is 2.17. The van der Waals surface area contributed by atoms with Gasteiger partial charge < -0.3 is 10.5 Å². The van der Waals surface area contributed by atoms with E-state index in [2.05, 4.69) is 0 Å². The molecule has 1 aromatic rings. The van der Waals surface area contributed by atoms with Crippen molar-refractivity contribution < 1.29 is 13.9 Å². The van der Waals surface area contributed by atoms with Crippen molar-refractivity contribution in [3.8, 4) is 5.75 Å². The Morgan fingerprint density at radius 2 is 2.25 bits per heavy atom. The smallest absolute Gasteiger partial charge is 0.314 e. The molecule has 0 radical (unpaired) electrons. The lowest BCUT2D eigenvalue weighted by atomic mass is 10.1. The molecule has 1 aliphatic carbocycles. The Bertz CT molecular complexity index is 427. The van der Waals surface area contributed by atoms with E-state index in [1.165, 1.54) is 6.07 Å². The maximum absolute atomic E-state index is 13.8. The van der Waals surface area contributed by atoms with Crippen molar-refractivity contribution in [3.05, 3.63) is 23.5 Å². The summed E-state index contributed by atoms with van der Waals surface area (Å²) >= 11 is 0. The first-order valence-electron chi connectivity index (χ1n) is 5.42.